The molecule has 0 saturated heterocycles. The average molecular weight is 223 g/mol. The van der Waals surface area contributed by atoms with Crippen LogP contribution in [0.25, 0.3) is 0 Å². The third-order valence-corrected chi connectivity index (χ3v) is 2.69. The molecule has 2 rings (SSSR count). The summed E-state index contributed by atoms with van der Waals surface area (Å²) in [6.45, 7) is 2.30. The minimum absolute atomic E-state index is 0.229. The molecule has 0 aliphatic carbocycles. The summed E-state index contributed by atoms with van der Waals surface area (Å²) in [6.07, 6.45) is 0.987. The third kappa shape index (κ3) is 2.46. The first-order valence-corrected chi connectivity index (χ1v) is 5.49. The van der Waals surface area contributed by atoms with Crippen LogP contribution in [-0.2, 0) is 4.74 Å². The first-order valence-electron chi connectivity index (χ1n) is 5.49. The number of fused-ring (bicyclic) bond motifs is 1. The fourth-order valence-corrected chi connectivity index (χ4v) is 1.86. The first-order chi connectivity index (χ1) is 7.81. The Morgan fingerprint density at radius 1 is 1.56 bits per heavy atom. The molecule has 1 heterocycles. The highest BCUT2D eigenvalue weighted by atomic mass is 16.5. The second-order valence-electron chi connectivity index (χ2n) is 3.89. The lowest BCUT2D eigenvalue weighted by Crippen LogP contribution is -2.24. The Morgan fingerprint density at radius 2 is 2.44 bits per heavy atom. The Labute approximate surface area is 95.2 Å². The minimum atomic E-state index is 0.229. The van der Waals surface area contributed by atoms with Crippen molar-refractivity contribution in [1.29, 1.82) is 0 Å². The summed E-state index contributed by atoms with van der Waals surface area (Å²) in [6, 6.07) is 5.49. The number of hydrogen-bond acceptors (Lipinski definition) is 4. The van der Waals surface area contributed by atoms with Crippen molar-refractivity contribution in [1.82, 2.24) is 5.32 Å². The Morgan fingerprint density at radius 3 is 3.25 bits per heavy atom. The molecule has 16 heavy (non-hydrogen) atoms. The lowest BCUT2D eigenvalue weighted by molar-refractivity contribution is 0.192. The highest BCUT2D eigenvalue weighted by Crippen LogP contribution is 2.34. The van der Waals surface area contributed by atoms with Crippen molar-refractivity contribution in [3.05, 3.63) is 23.8 Å². The van der Waals surface area contributed by atoms with Crippen LogP contribution in [0.5, 0.6) is 11.5 Å². The Bertz CT molecular complexity index is 354. The molecule has 0 fully saturated rings. The monoisotopic (exact) mass is 223 g/mol. The Hall–Kier alpha value is -1.26. The number of methoxy groups -OCH3 is 1. The van der Waals surface area contributed by atoms with Crippen molar-refractivity contribution in [2.45, 2.75) is 12.5 Å². The number of phenols is 1. The topological polar surface area (TPSA) is 50.7 Å². The smallest absolute Gasteiger partial charge is 0.127 e. The zero-order chi connectivity index (χ0) is 11.4. The minimum Gasteiger partial charge on any atom is -0.508 e. The predicted octanol–water partition coefficient (Wildman–Crippen LogP) is 1.45. The van der Waals surface area contributed by atoms with E-state index in [4.69, 9.17) is 9.47 Å². The van der Waals surface area contributed by atoms with E-state index in [0.29, 0.717) is 6.61 Å². The third-order valence-electron chi connectivity index (χ3n) is 2.69. The SMILES string of the molecule is COCCCNC1COc2cc(O)ccc21. The van der Waals surface area contributed by atoms with Crippen LogP contribution in [0.3, 0.4) is 0 Å². The van der Waals surface area contributed by atoms with Crippen molar-refractivity contribution in [3.8, 4) is 11.5 Å². The van der Waals surface area contributed by atoms with Gasteiger partial charge in [0.2, 0.25) is 0 Å². The molecule has 4 heteroatoms. The molecular formula is C12H17NO3. The van der Waals surface area contributed by atoms with E-state index in [1.165, 1.54) is 0 Å². The zero-order valence-electron chi connectivity index (χ0n) is 9.40. The summed E-state index contributed by atoms with van der Waals surface area (Å²) < 4.78 is 10.5. The number of aromatic hydroxyl groups is 1. The van der Waals surface area contributed by atoms with Crippen molar-refractivity contribution in [2.24, 2.45) is 0 Å². The maximum absolute atomic E-state index is 9.31. The van der Waals surface area contributed by atoms with E-state index < -0.39 is 0 Å². The summed E-state index contributed by atoms with van der Waals surface area (Å²) in [4.78, 5) is 0. The molecule has 1 unspecified atom stereocenters. The fraction of sp³-hybridized carbons (Fsp3) is 0.500. The van der Waals surface area contributed by atoms with Gasteiger partial charge in [-0.15, -0.1) is 0 Å². The average Bonchev–Trinajstić information content (AvgIpc) is 2.67. The van der Waals surface area contributed by atoms with Gasteiger partial charge in [-0.2, -0.15) is 0 Å². The van der Waals surface area contributed by atoms with Crippen molar-refractivity contribution in [2.75, 3.05) is 26.9 Å². The van der Waals surface area contributed by atoms with Crippen LogP contribution in [0.2, 0.25) is 0 Å². The van der Waals surface area contributed by atoms with Gasteiger partial charge < -0.3 is 19.9 Å². The van der Waals surface area contributed by atoms with Crippen LogP contribution in [-0.4, -0.2) is 32.0 Å². The molecule has 0 bridgehead atoms. The molecule has 1 aromatic carbocycles. The lowest BCUT2D eigenvalue weighted by Gasteiger charge is -2.11. The highest BCUT2D eigenvalue weighted by Gasteiger charge is 2.23. The maximum Gasteiger partial charge on any atom is 0.127 e. The van der Waals surface area contributed by atoms with Gasteiger partial charge in [-0.05, 0) is 25.1 Å². The van der Waals surface area contributed by atoms with Gasteiger partial charge in [0.25, 0.3) is 0 Å². The van der Waals surface area contributed by atoms with E-state index in [-0.39, 0.29) is 11.8 Å². The fourth-order valence-electron chi connectivity index (χ4n) is 1.86. The Balaban J connectivity index is 1.91. The van der Waals surface area contributed by atoms with E-state index in [2.05, 4.69) is 5.32 Å². The van der Waals surface area contributed by atoms with Crippen LogP contribution in [0.1, 0.15) is 18.0 Å². The van der Waals surface area contributed by atoms with E-state index in [9.17, 15) is 5.11 Å². The summed E-state index contributed by atoms with van der Waals surface area (Å²) in [5, 5.41) is 12.7. The first kappa shape index (κ1) is 11.2. The highest BCUT2D eigenvalue weighted by molar-refractivity contribution is 5.44. The van der Waals surface area contributed by atoms with Gasteiger partial charge in [0.05, 0.1) is 6.04 Å². The summed E-state index contributed by atoms with van der Waals surface area (Å²) in [5.41, 5.74) is 1.12. The molecule has 0 saturated carbocycles. The number of phenolic OH excluding ortho intramolecular Hbond substituents is 1. The second-order valence-corrected chi connectivity index (χ2v) is 3.89. The largest absolute Gasteiger partial charge is 0.508 e. The summed E-state index contributed by atoms with van der Waals surface area (Å²) >= 11 is 0. The van der Waals surface area contributed by atoms with Crippen molar-refractivity contribution < 1.29 is 14.6 Å². The molecule has 1 atom stereocenters. The van der Waals surface area contributed by atoms with Crippen LogP contribution in [0.4, 0.5) is 0 Å². The van der Waals surface area contributed by atoms with E-state index in [1.54, 1.807) is 19.2 Å². The molecular weight excluding hydrogens is 206 g/mol. The number of hydrogen-bond donors (Lipinski definition) is 2. The van der Waals surface area contributed by atoms with E-state index in [1.807, 2.05) is 6.07 Å². The number of ether oxygens (including phenoxy) is 2. The molecule has 4 nitrogen and oxygen atoms in total. The van der Waals surface area contributed by atoms with Gasteiger partial charge in [0, 0.05) is 25.3 Å². The standard InChI is InChI=1S/C12H17NO3/c1-15-6-2-5-13-11-8-16-12-7-9(14)3-4-10(11)12/h3-4,7,11,13-14H,2,5-6,8H2,1H3. The van der Waals surface area contributed by atoms with Crippen molar-refractivity contribution in [3.63, 3.8) is 0 Å². The molecule has 0 amide bonds. The normalized spacial score (nSPS) is 18.2. The van der Waals surface area contributed by atoms with Crippen LogP contribution in [0, 0.1) is 0 Å². The van der Waals surface area contributed by atoms with Crippen LogP contribution >= 0.6 is 0 Å². The number of nitrogens with one attached hydrogen (secondary N) is 1. The van der Waals surface area contributed by atoms with Crippen molar-refractivity contribution >= 4 is 0 Å². The maximum atomic E-state index is 9.31. The zero-order valence-corrected chi connectivity index (χ0v) is 9.40. The Kier molecular flexibility index (Phi) is 3.64. The molecule has 1 aliphatic heterocycles. The van der Waals surface area contributed by atoms with Gasteiger partial charge in [-0.25, -0.2) is 0 Å². The summed E-state index contributed by atoms with van der Waals surface area (Å²) in [5.74, 6) is 1.03. The second kappa shape index (κ2) is 5.18. The van der Waals surface area contributed by atoms with E-state index >= 15 is 0 Å². The lowest BCUT2D eigenvalue weighted by atomic mass is 10.1. The molecule has 0 aromatic heterocycles. The van der Waals surface area contributed by atoms with Gasteiger partial charge in [0.1, 0.15) is 18.1 Å². The van der Waals surface area contributed by atoms with Gasteiger partial charge in [-0.3, -0.25) is 0 Å². The van der Waals surface area contributed by atoms with Gasteiger partial charge in [0.15, 0.2) is 0 Å². The molecule has 0 radical (unpaired) electrons. The van der Waals surface area contributed by atoms with Crippen LogP contribution in [0.15, 0.2) is 18.2 Å². The summed E-state index contributed by atoms with van der Waals surface area (Å²) in [7, 11) is 1.71. The van der Waals surface area contributed by atoms with Gasteiger partial charge in [-0.1, -0.05) is 0 Å². The number of rotatable bonds is 5. The molecule has 88 valence electrons. The van der Waals surface area contributed by atoms with Gasteiger partial charge >= 0.3 is 0 Å². The molecule has 2 N–H and O–H groups in total. The quantitative estimate of drug-likeness (QED) is 0.742. The predicted molar refractivity (Wildman–Crippen MR) is 60.8 cm³/mol. The molecule has 1 aromatic rings. The van der Waals surface area contributed by atoms with E-state index in [0.717, 1.165) is 30.9 Å². The van der Waals surface area contributed by atoms with Crippen LogP contribution < -0.4 is 10.1 Å². The number of benzene rings is 1. The molecule has 1 aliphatic rings. The molecule has 0 spiro atoms.